The van der Waals surface area contributed by atoms with Gasteiger partial charge in [0.2, 0.25) is 5.91 Å². The summed E-state index contributed by atoms with van der Waals surface area (Å²) in [6, 6.07) is 18.1. The predicted octanol–water partition coefficient (Wildman–Crippen LogP) is 4.60. The van der Waals surface area contributed by atoms with E-state index in [1.54, 1.807) is 36.7 Å². The van der Waals surface area contributed by atoms with E-state index in [-0.39, 0.29) is 23.0 Å². The van der Waals surface area contributed by atoms with Crippen molar-refractivity contribution >= 4 is 11.6 Å². The van der Waals surface area contributed by atoms with Crippen molar-refractivity contribution in [1.82, 2.24) is 14.8 Å². The van der Waals surface area contributed by atoms with Gasteiger partial charge in [0.1, 0.15) is 11.5 Å². The van der Waals surface area contributed by atoms with Crippen LogP contribution in [0.4, 0.5) is 10.1 Å². The van der Waals surface area contributed by atoms with Gasteiger partial charge in [0.15, 0.2) is 0 Å². The summed E-state index contributed by atoms with van der Waals surface area (Å²) in [7, 11) is 1.70. The lowest BCUT2D eigenvalue weighted by Crippen LogP contribution is -2.39. The lowest BCUT2D eigenvalue weighted by atomic mass is 9.87. The van der Waals surface area contributed by atoms with Crippen LogP contribution in [0, 0.1) is 5.82 Å². The Labute approximate surface area is 212 Å². The van der Waals surface area contributed by atoms with Gasteiger partial charge in [-0.15, -0.1) is 0 Å². The molecule has 0 saturated heterocycles. The highest BCUT2D eigenvalue weighted by Crippen LogP contribution is 2.34. The molecule has 3 aromatic rings. The number of likely N-dealkylation sites (N-methyl/N-ethyl adjacent to an activating group) is 2. The summed E-state index contributed by atoms with van der Waals surface area (Å²) >= 11 is 0. The SMILES string of the molecule is CCN(CCn1c(-c2ccc(F)cc2)ccc(NC(=O)C(C)NC)c1=O)C1CCCc2ccccc21. The van der Waals surface area contributed by atoms with Crippen molar-refractivity contribution in [3.63, 3.8) is 0 Å². The van der Waals surface area contributed by atoms with Crippen LogP contribution in [0.3, 0.4) is 0 Å². The van der Waals surface area contributed by atoms with Crippen molar-refractivity contribution < 1.29 is 9.18 Å². The standard InChI is InChI=1S/C29H35FN4O2/c1-4-33(27-11-7-9-21-8-5-6-10-24(21)27)18-19-34-26(22-12-14-23(30)15-13-22)17-16-25(29(34)36)32-28(35)20(2)31-3/h5-6,8,10,12-17,20,27,31H,4,7,9,11,18-19H2,1-3H3,(H,32,35). The molecule has 6 nitrogen and oxygen atoms in total. The summed E-state index contributed by atoms with van der Waals surface area (Å²) < 4.78 is 15.3. The van der Waals surface area contributed by atoms with Gasteiger partial charge in [-0.3, -0.25) is 14.5 Å². The first-order valence-electron chi connectivity index (χ1n) is 12.7. The maximum absolute atomic E-state index is 13.6. The number of hydrogen-bond donors (Lipinski definition) is 2. The van der Waals surface area contributed by atoms with Gasteiger partial charge < -0.3 is 15.2 Å². The number of nitrogens with zero attached hydrogens (tertiary/aromatic N) is 2. The number of aryl methyl sites for hydroxylation is 1. The van der Waals surface area contributed by atoms with Crippen molar-refractivity contribution in [3.8, 4) is 11.3 Å². The maximum atomic E-state index is 13.6. The molecule has 2 N–H and O–H groups in total. The lowest BCUT2D eigenvalue weighted by molar-refractivity contribution is -0.117. The van der Waals surface area contributed by atoms with Gasteiger partial charge in [-0.2, -0.15) is 0 Å². The minimum absolute atomic E-state index is 0.235. The number of rotatable bonds is 9. The van der Waals surface area contributed by atoms with Crippen molar-refractivity contribution in [2.45, 2.75) is 51.7 Å². The molecule has 1 amide bonds. The van der Waals surface area contributed by atoms with Crippen molar-refractivity contribution in [3.05, 3.63) is 88.0 Å². The van der Waals surface area contributed by atoms with Gasteiger partial charge in [0.05, 0.1) is 11.7 Å². The summed E-state index contributed by atoms with van der Waals surface area (Å²) in [6.45, 7) is 5.87. The Morgan fingerprint density at radius 2 is 1.89 bits per heavy atom. The van der Waals surface area contributed by atoms with Crippen LogP contribution in [0.2, 0.25) is 0 Å². The van der Waals surface area contributed by atoms with Gasteiger partial charge in [0.25, 0.3) is 5.56 Å². The van der Waals surface area contributed by atoms with E-state index in [4.69, 9.17) is 0 Å². The predicted molar refractivity (Wildman–Crippen MR) is 143 cm³/mol. The van der Waals surface area contributed by atoms with E-state index in [9.17, 15) is 14.0 Å². The second kappa shape index (κ2) is 11.6. The minimum Gasteiger partial charge on any atom is -0.320 e. The number of carbonyl (C=O) groups is 1. The molecular weight excluding hydrogens is 455 g/mol. The number of pyridine rings is 1. The largest absolute Gasteiger partial charge is 0.320 e. The highest BCUT2D eigenvalue weighted by Gasteiger charge is 2.25. The number of benzene rings is 2. The average Bonchev–Trinajstić information content (AvgIpc) is 2.91. The van der Waals surface area contributed by atoms with Gasteiger partial charge >= 0.3 is 0 Å². The maximum Gasteiger partial charge on any atom is 0.274 e. The molecule has 190 valence electrons. The number of amides is 1. The molecule has 1 heterocycles. The number of halogens is 1. The molecule has 1 aliphatic rings. The quantitative estimate of drug-likeness (QED) is 0.460. The Balaban J connectivity index is 1.66. The van der Waals surface area contributed by atoms with Crippen LogP contribution in [0.1, 0.15) is 43.9 Å². The Kier molecular flexibility index (Phi) is 8.33. The van der Waals surface area contributed by atoms with Gasteiger partial charge in [-0.05, 0) is 92.9 Å². The van der Waals surface area contributed by atoms with Crippen molar-refractivity contribution in [2.75, 3.05) is 25.5 Å². The molecule has 4 rings (SSSR count). The van der Waals surface area contributed by atoms with E-state index >= 15 is 0 Å². The van der Waals surface area contributed by atoms with E-state index in [2.05, 4.69) is 46.7 Å². The molecule has 2 atom stereocenters. The first-order valence-corrected chi connectivity index (χ1v) is 12.7. The number of carbonyl (C=O) groups excluding carboxylic acids is 1. The molecule has 36 heavy (non-hydrogen) atoms. The van der Waals surface area contributed by atoms with Crippen LogP contribution in [0.25, 0.3) is 11.3 Å². The molecule has 2 aromatic carbocycles. The number of hydrogen-bond acceptors (Lipinski definition) is 4. The van der Waals surface area contributed by atoms with E-state index < -0.39 is 6.04 Å². The average molecular weight is 491 g/mol. The summed E-state index contributed by atoms with van der Waals surface area (Å²) in [5.74, 6) is -0.601. The number of nitrogens with one attached hydrogen (secondary N) is 2. The summed E-state index contributed by atoms with van der Waals surface area (Å²) in [4.78, 5) is 28.5. The molecule has 0 fully saturated rings. The van der Waals surface area contributed by atoms with Gasteiger partial charge in [-0.1, -0.05) is 31.2 Å². The van der Waals surface area contributed by atoms with Gasteiger partial charge in [-0.25, -0.2) is 4.39 Å². The van der Waals surface area contributed by atoms with E-state index in [1.807, 2.05) is 6.07 Å². The minimum atomic E-state index is -0.434. The fourth-order valence-electron chi connectivity index (χ4n) is 5.01. The Morgan fingerprint density at radius 3 is 2.61 bits per heavy atom. The van der Waals surface area contributed by atoms with Crippen LogP contribution in [0.5, 0.6) is 0 Å². The lowest BCUT2D eigenvalue weighted by Gasteiger charge is -2.35. The molecule has 0 radical (unpaired) electrons. The summed E-state index contributed by atoms with van der Waals surface area (Å²) in [5.41, 5.74) is 4.19. The monoisotopic (exact) mass is 490 g/mol. The topological polar surface area (TPSA) is 66.4 Å². The van der Waals surface area contributed by atoms with Crippen LogP contribution in [-0.2, 0) is 17.8 Å². The number of aromatic nitrogens is 1. The molecule has 1 aliphatic carbocycles. The van der Waals surface area contributed by atoms with E-state index in [0.717, 1.165) is 31.4 Å². The van der Waals surface area contributed by atoms with E-state index in [1.165, 1.54) is 23.3 Å². The second-order valence-corrected chi connectivity index (χ2v) is 9.33. The fraction of sp³-hybridized carbons (Fsp3) is 0.379. The zero-order chi connectivity index (χ0) is 25.7. The molecule has 0 aliphatic heterocycles. The third-order valence-electron chi connectivity index (χ3n) is 7.19. The molecule has 2 unspecified atom stereocenters. The molecular formula is C29H35FN4O2. The highest BCUT2D eigenvalue weighted by molar-refractivity contribution is 5.94. The van der Waals surface area contributed by atoms with Crippen LogP contribution in [0.15, 0.2) is 65.5 Å². The van der Waals surface area contributed by atoms with Crippen LogP contribution in [-0.4, -0.2) is 41.6 Å². The molecule has 0 saturated carbocycles. The van der Waals surface area contributed by atoms with Crippen molar-refractivity contribution in [2.24, 2.45) is 0 Å². The third-order valence-corrected chi connectivity index (χ3v) is 7.19. The second-order valence-electron chi connectivity index (χ2n) is 9.33. The molecule has 1 aromatic heterocycles. The zero-order valence-corrected chi connectivity index (χ0v) is 21.3. The first kappa shape index (κ1) is 25.8. The Hall–Kier alpha value is -3.29. The molecule has 0 bridgehead atoms. The fourth-order valence-corrected chi connectivity index (χ4v) is 5.01. The number of anilines is 1. The number of fused-ring (bicyclic) bond motifs is 1. The molecule has 7 heteroatoms. The Morgan fingerprint density at radius 1 is 1.14 bits per heavy atom. The van der Waals surface area contributed by atoms with E-state index in [0.29, 0.717) is 24.8 Å². The zero-order valence-electron chi connectivity index (χ0n) is 21.3. The highest BCUT2D eigenvalue weighted by atomic mass is 19.1. The van der Waals surface area contributed by atoms with Gasteiger partial charge in [0, 0.05) is 19.1 Å². The van der Waals surface area contributed by atoms with Crippen LogP contribution >= 0.6 is 0 Å². The third kappa shape index (κ3) is 5.58. The summed E-state index contributed by atoms with van der Waals surface area (Å²) in [6.07, 6.45) is 3.33. The summed E-state index contributed by atoms with van der Waals surface area (Å²) in [5, 5.41) is 5.65. The smallest absolute Gasteiger partial charge is 0.274 e. The Bertz CT molecular complexity index is 1250. The normalized spacial score (nSPS) is 16.0. The van der Waals surface area contributed by atoms with Crippen molar-refractivity contribution in [1.29, 1.82) is 0 Å². The first-order chi connectivity index (χ1) is 17.4. The molecule has 0 spiro atoms. The van der Waals surface area contributed by atoms with Crippen LogP contribution < -0.4 is 16.2 Å².